The maximum absolute atomic E-state index is 12.9. The molecule has 5 heteroatoms. The third-order valence-corrected chi connectivity index (χ3v) is 6.05. The van der Waals surface area contributed by atoms with Gasteiger partial charge in [0.15, 0.2) is 0 Å². The normalized spacial score (nSPS) is 27.3. The molecule has 3 rings (SSSR count). The lowest BCUT2D eigenvalue weighted by atomic mass is 9.91. The maximum Gasteiger partial charge on any atom is 0.227 e. The Morgan fingerprint density at radius 3 is 2.33 bits per heavy atom. The minimum Gasteiger partial charge on any atom is -0.373 e. The Hall–Kier alpha value is -1.43. The number of hydrogen-bond acceptors (Lipinski definition) is 4. The molecule has 27 heavy (non-hydrogen) atoms. The van der Waals surface area contributed by atoms with Crippen LogP contribution in [0, 0.1) is 11.8 Å². The highest BCUT2D eigenvalue weighted by Gasteiger charge is 2.31. The highest BCUT2D eigenvalue weighted by atomic mass is 16.5. The lowest BCUT2D eigenvalue weighted by molar-refractivity contribution is -0.137. The first-order chi connectivity index (χ1) is 12.9. The predicted octanol–water partition coefficient (Wildman–Crippen LogP) is 2.67. The van der Waals surface area contributed by atoms with Gasteiger partial charge in [-0.25, -0.2) is 0 Å². The fourth-order valence-electron chi connectivity index (χ4n) is 4.54. The number of carbonyl (C=O) groups excluding carboxylic acids is 1. The van der Waals surface area contributed by atoms with Gasteiger partial charge < -0.3 is 15.4 Å². The predicted molar refractivity (Wildman–Crippen MR) is 108 cm³/mol. The second kappa shape index (κ2) is 9.18. The highest BCUT2D eigenvalue weighted by Crippen LogP contribution is 2.25. The van der Waals surface area contributed by atoms with E-state index in [1.165, 1.54) is 0 Å². The molecule has 1 aromatic rings. The summed E-state index contributed by atoms with van der Waals surface area (Å²) in [7, 11) is 0. The monoisotopic (exact) mass is 373 g/mol. The van der Waals surface area contributed by atoms with E-state index in [1.54, 1.807) is 0 Å². The lowest BCUT2D eigenvalue weighted by Crippen LogP contribution is -2.49. The number of hydrogen-bond donors (Lipinski definition) is 1. The van der Waals surface area contributed by atoms with Crippen LogP contribution in [0.25, 0.3) is 0 Å². The number of rotatable bonds is 5. The van der Waals surface area contributed by atoms with E-state index in [1.807, 2.05) is 42.2 Å². The van der Waals surface area contributed by atoms with Crippen molar-refractivity contribution in [3.63, 3.8) is 0 Å². The molecule has 0 aliphatic carbocycles. The summed E-state index contributed by atoms with van der Waals surface area (Å²) in [4.78, 5) is 17.5. The largest absolute Gasteiger partial charge is 0.373 e. The van der Waals surface area contributed by atoms with E-state index in [-0.39, 0.29) is 17.9 Å². The van der Waals surface area contributed by atoms with Crippen LogP contribution in [0.5, 0.6) is 0 Å². The van der Waals surface area contributed by atoms with Crippen molar-refractivity contribution in [3.8, 4) is 0 Å². The van der Waals surface area contributed by atoms with Crippen molar-refractivity contribution < 1.29 is 9.53 Å². The highest BCUT2D eigenvalue weighted by molar-refractivity contribution is 5.79. The molecule has 2 saturated heterocycles. The van der Waals surface area contributed by atoms with E-state index in [2.05, 4.69) is 18.7 Å². The summed E-state index contributed by atoms with van der Waals surface area (Å²) in [6, 6.07) is 9.70. The molecule has 0 saturated carbocycles. The molecule has 1 aromatic carbocycles. The number of morpholine rings is 1. The zero-order valence-electron chi connectivity index (χ0n) is 17.0. The van der Waals surface area contributed by atoms with Crippen LogP contribution in [0.3, 0.4) is 0 Å². The van der Waals surface area contributed by atoms with Crippen LogP contribution >= 0.6 is 0 Å². The zero-order valence-corrected chi connectivity index (χ0v) is 17.0. The fourth-order valence-corrected chi connectivity index (χ4v) is 4.54. The van der Waals surface area contributed by atoms with Gasteiger partial charge in [-0.2, -0.15) is 0 Å². The number of piperidine rings is 1. The number of nitrogens with two attached hydrogens (primary N) is 1. The quantitative estimate of drug-likeness (QED) is 0.862. The van der Waals surface area contributed by atoms with Crippen molar-refractivity contribution in [3.05, 3.63) is 35.9 Å². The zero-order chi connectivity index (χ0) is 19.4. The minimum atomic E-state index is -0.243. The van der Waals surface area contributed by atoms with Gasteiger partial charge in [0, 0.05) is 38.8 Å². The molecule has 0 radical (unpaired) electrons. The number of nitrogens with zero attached hydrogens (tertiary/aromatic N) is 2. The summed E-state index contributed by atoms with van der Waals surface area (Å²) >= 11 is 0. The van der Waals surface area contributed by atoms with Gasteiger partial charge in [0.1, 0.15) is 0 Å². The average Bonchev–Trinajstić information content (AvgIpc) is 2.67. The molecule has 5 nitrogen and oxygen atoms in total. The summed E-state index contributed by atoms with van der Waals surface area (Å²) in [5.41, 5.74) is 7.39. The second-order valence-electron chi connectivity index (χ2n) is 8.47. The summed E-state index contributed by atoms with van der Waals surface area (Å²) in [5.74, 6) is 0.674. The van der Waals surface area contributed by atoms with Gasteiger partial charge in [-0.1, -0.05) is 37.3 Å². The Labute approximate surface area is 163 Å². The Morgan fingerprint density at radius 1 is 1.15 bits per heavy atom. The number of benzene rings is 1. The molecule has 0 spiro atoms. The molecule has 2 N–H and O–H groups in total. The molecule has 1 amide bonds. The number of amides is 1. The molecular formula is C22H35N3O2. The van der Waals surface area contributed by atoms with Crippen LogP contribution in [-0.4, -0.2) is 60.6 Å². The van der Waals surface area contributed by atoms with Crippen LogP contribution in [0.15, 0.2) is 30.3 Å². The molecule has 2 aliphatic rings. The smallest absolute Gasteiger partial charge is 0.227 e. The van der Waals surface area contributed by atoms with Gasteiger partial charge >= 0.3 is 0 Å². The Bertz CT molecular complexity index is 591. The Morgan fingerprint density at radius 2 is 1.74 bits per heavy atom. The van der Waals surface area contributed by atoms with Crippen molar-refractivity contribution in [1.29, 1.82) is 0 Å². The van der Waals surface area contributed by atoms with Gasteiger partial charge in [-0.05, 0) is 38.2 Å². The van der Waals surface area contributed by atoms with Crippen LogP contribution in [0.2, 0.25) is 0 Å². The fraction of sp³-hybridized carbons (Fsp3) is 0.682. The number of likely N-dealkylation sites (tertiary alicyclic amines) is 1. The third kappa shape index (κ3) is 5.31. The average molecular weight is 374 g/mol. The Kier molecular flexibility index (Phi) is 6.90. The van der Waals surface area contributed by atoms with E-state index in [4.69, 9.17) is 10.5 Å². The van der Waals surface area contributed by atoms with E-state index >= 15 is 0 Å². The van der Waals surface area contributed by atoms with Crippen molar-refractivity contribution in [2.45, 2.75) is 51.9 Å². The van der Waals surface area contributed by atoms with Gasteiger partial charge in [0.25, 0.3) is 0 Å². The van der Waals surface area contributed by atoms with Crippen LogP contribution in [-0.2, 0) is 9.53 Å². The molecule has 2 heterocycles. The first kappa shape index (κ1) is 20.3. The maximum atomic E-state index is 12.9. The summed E-state index contributed by atoms with van der Waals surface area (Å²) in [6.45, 7) is 11.1. The van der Waals surface area contributed by atoms with Crippen LogP contribution < -0.4 is 5.73 Å². The third-order valence-electron chi connectivity index (χ3n) is 6.05. The molecule has 2 aliphatic heterocycles. The number of carbonyl (C=O) groups is 1. The molecule has 150 valence electrons. The molecule has 4 atom stereocenters. The first-order valence-corrected chi connectivity index (χ1v) is 10.4. The summed E-state index contributed by atoms with van der Waals surface area (Å²) in [6.07, 6.45) is 2.80. The molecule has 0 bridgehead atoms. The molecule has 2 fully saturated rings. The first-order valence-electron chi connectivity index (χ1n) is 10.4. The van der Waals surface area contributed by atoms with Gasteiger partial charge in [-0.15, -0.1) is 0 Å². The van der Waals surface area contributed by atoms with Crippen molar-refractivity contribution in [2.75, 3.05) is 32.7 Å². The van der Waals surface area contributed by atoms with Crippen molar-refractivity contribution in [2.24, 2.45) is 17.6 Å². The van der Waals surface area contributed by atoms with Gasteiger partial charge in [-0.3, -0.25) is 9.69 Å². The van der Waals surface area contributed by atoms with E-state index in [0.717, 1.165) is 51.1 Å². The topological polar surface area (TPSA) is 58.8 Å². The molecule has 0 aromatic heterocycles. The van der Waals surface area contributed by atoms with Crippen LogP contribution in [0.4, 0.5) is 0 Å². The van der Waals surface area contributed by atoms with E-state index in [9.17, 15) is 4.79 Å². The van der Waals surface area contributed by atoms with Gasteiger partial charge in [0.05, 0.1) is 18.1 Å². The standard InChI is InChI=1S/C22H35N3O2/c1-16-13-24(14-17(2)27-16)15-19-9-11-25(12-10-19)22(26)18(3)21(23)20-7-5-4-6-8-20/h4-8,16-19,21H,9-15,23H2,1-3H3. The SMILES string of the molecule is CC1CN(CC2CCN(C(=O)C(C)C(N)c3ccccc3)CC2)CC(C)O1. The van der Waals surface area contributed by atoms with Crippen molar-refractivity contribution >= 4 is 5.91 Å². The van der Waals surface area contributed by atoms with E-state index < -0.39 is 0 Å². The lowest BCUT2D eigenvalue weighted by Gasteiger charge is -2.40. The van der Waals surface area contributed by atoms with Crippen LogP contribution in [0.1, 0.15) is 45.2 Å². The number of ether oxygens (including phenoxy) is 1. The van der Waals surface area contributed by atoms with E-state index in [0.29, 0.717) is 18.1 Å². The van der Waals surface area contributed by atoms with Crippen molar-refractivity contribution in [1.82, 2.24) is 9.80 Å². The summed E-state index contributed by atoms with van der Waals surface area (Å²) in [5, 5.41) is 0. The summed E-state index contributed by atoms with van der Waals surface area (Å²) < 4.78 is 5.83. The molecule has 4 unspecified atom stereocenters. The second-order valence-corrected chi connectivity index (χ2v) is 8.47. The van der Waals surface area contributed by atoms with Gasteiger partial charge in [0.2, 0.25) is 5.91 Å². The Balaban J connectivity index is 1.47. The molecular weight excluding hydrogens is 338 g/mol. The minimum absolute atomic E-state index is 0.190.